The number of rotatable bonds is 42. The minimum absolute atomic E-state index is 0.0168. The minimum atomic E-state index is -0.0282. The van der Waals surface area contributed by atoms with Gasteiger partial charge in [-0.15, -0.1) is 10.2 Å². The highest BCUT2D eigenvalue weighted by atomic mass is 16.5. The fraction of sp³-hybridized carbons (Fsp3) is 0.915. The van der Waals surface area contributed by atoms with Gasteiger partial charge in [0.15, 0.2) is 0 Å². The lowest BCUT2D eigenvalue weighted by atomic mass is 10.0. The van der Waals surface area contributed by atoms with Gasteiger partial charge in [0, 0.05) is 32.7 Å². The van der Waals surface area contributed by atoms with Crippen LogP contribution in [-0.2, 0) is 25.5 Å². The standard InChI is InChI=1S/C47H89N3O5/c1-5-8-11-14-17-26-33-42-53-46(51)36-29-22-18-24-31-39-50(41-38-45-49-48-43(4)54-45)40-32-25-19-23-30-37-47(52)55-44(34-27-20-15-12-9-6-2)35-28-21-16-13-10-7-3/h44H,5-42H2,1-4H3. The van der Waals surface area contributed by atoms with E-state index in [-0.39, 0.29) is 18.0 Å². The van der Waals surface area contributed by atoms with Crippen molar-refractivity contribution in [2.45, 2.75) is 252 Å². The van der Waals surface area contributed by atoms with Gasteiger partial charge in [-0.2, -0.15) is 0 Å². The molecule has 0 aliphatic carbocycles. The number of nitrogens with zero attached hydrogens (tertiary/aromatic N) is 3. The quantitative estimate of drug-likeness (QED) is 0.0478. The highest BCUT2D eigenvalue weighted by Gasteiger charge is 2.15. The first kappa shape index (κ1) is 51.1. The summed E-state index contributed by atoms with van der Waals surface area (Å²) in [7, 11) is 0. The monoisotopic (exact) mass is 776 g/mol. The number of carbonyl (C=O) groups is 2. The molecule has 55 heavy (non-hydrogen) atoms. The molecule has 0 bridgehead atoms. The lowest BCUT2D eigenvalue weighted by molar-refractivity contribution is -0.150. The number of esters is 2. The van der Waals surface area contributed by atoms with Crippen LogP contribution in [0, 0.1) is 6.92 Å². The van der Waals surface area contributed by atoms with Crippen LogP contribution in [0.4, 0.5) is 0 Å². The molecular formula is C47H89N3O5. The van der Waals surface area contributed by atoms with Crippen LogP contribution in [0.15, 0.2) is 4.42 Å². The number of ether oxygens (including phenoxy) is 2. The molecule has 0 saturated heterocycles. The van der Waals surface area contributed by atoms with Gasteiger partial charge in [0.1, 0.15) is 6.10 Å². The van der Waals surface area contributed by atoms with E-state index in [2.05, 4.69) is 35.9 Å². The number of aromatic nitrogens is 2. The van der Waals surface area contributed by atoms with Crippen molar-refractivity contribution in [2.75, 3.05) is 26.2 Å². The van der Waals surface area contributed by atoms with Gasteiger partial charge in [0.25, 0.3) is 0 Å². The fourth-order valence-corrected chi connectivity index (χ4v) is 7.43. The van der Waals surface area contributed by atoms with Crippen LogP contribution >= 0.6 is 0 Å². The second-order valence-corrected chi connectivity index (χ2v) is 16.4. The van der Waals surface area contributed by atoms with Gasteiger partial charge >= 0.3 is 11.9 Å². The van der Waals surface area contributed by atoms with Crippen molar-refractivity contribution < 1.29 is 23.5 Å². The maximum atomic E-state index is 12.8. The Balaban J connectivity index is 2.26. The Kier molecular flexibility index (Phi) is 36.1. The molecule has 0 N–H and O–H groups in total. The zero-order valence-electron chi connectivity index (χ0n) is 36.8. The number of hydrogen-bond donors (Lipinski definition) is 0. The predicted octanol–water partition coefficient (Wildman–Crippen LogP) is 13.6. The first-order valence-electron chi connectivity index (χ1n) is 23.8. The van der Waals surface area contributed by atoms with Gasteiger partial charge in [-0.3, -0.25) is 9.59 Å². The maximum Gasteiger partial charge on any atom is 0.306 e. The van der Waals surface area contributed by atoms with E-state index in [1.807, 2.05) is 6.92 Å². The molecule has 0 amide bonds. The third-order valence-corrected chi connectivity index (χ3v) is 11.0. The van der Waals surface area contributed by atoms with E-state index in [1.54, 1.807) is 0 Å². The van der Waals surface area contributed by atoms with E-state index in [9.17, 15) is 9.59 Å². The number of hydrogen-bond acceptors (Lipinski definition) is 8. The zero-order chi connectivity index (χ0) is 39.9. The van der Waals surface area contributed by atoms with Crippen LogP contribution < -0.4 is 0 Å². The van der Waals surface area contributed by atoms with Crippen molar-refractivity contribution in [3.8, 4) is 0 Å². The summed E-state index contributed by atoms with van der Waals surface area (Å²) in [6.45, 7) is 12.3. The summed E-state index contributed by atoms with van der Waals surface area (Å²) < 4.78 is 17.1. The van der Waals surface area contributed by atoms with Crippen molar-refractivity contribution >= 4 is 11.9 Å². The molecule has 0 fully saturated rings. The molecule has 0 aromatic carbocycles. The molecular weight excluding hydrogens is 687 g/mol. The van der Waals surface area contributed by atoms with Gasteiger partial charge in [-0.1, -0.05) is 162 Å². The van der Waals surface area contributed by atoms with Crippen molar-refractivity contribution in [3.63, 3.8) is 0 Å². The van der Waals surface area contributed by atoms with Gasteiger partial charge in [0.2, 0.25) is 11.8 Å². The van der Waals surface area contributed by atoms with E-state index >= 15 is 0 Å². The Morgan fingerprint density at radius 2 is 0.964 bits per heavy atom. The molecule has 0 aliphatic heterocycles. The summed E-state index contributed by atoms with van der Waals surface area (Å²) >= 11 is 0. The molecule has 8 heteroatoms. The van der Waals surface area contributed by atoms with Crippen LogP contribution in [0.5, 0.6) is 0 Å². The molecule has 1 aromatic heterocycles. The third kappa shape index (κ3) is 33.9. The molecule has 1 aromatic rings. The lowest BCUT2D eigenvalue weighted by Gasteiger charge is -2.21. The summed E-state index contributed by atoms with van der Waals surface area (Å²) in [5.74, 6) is 1.33. The lowest BCUT2D eigenvalue weighted by Crippen LogP contribution is -2.28. The topological polar surface area (TPSA) is 94.8 Å². The Hall–Kier alpha value is -1.96. The minimum Gasteiger partial charge on any atom is -0.466 e. The average molecular weight is 776 g/mol. The van der Waals surface area contributed by atoms with Crippen LogP contribution in [0.1, 0.15) is 244 Å². The molecule has 1 heterocycles. The van der Waals surface area contributed by atoms with Crippen molar-refractivity contribution in [3.05, 3.63) is 11.8 Å². The fourth-order valence-electron chi connectivity index (χ4n) is 7.43. The average Bonchev–Trinajstić information content (AvgIpc) is 3.60. The second kappa shape index (κ2) is 38.9. The molecule has 0 radical (unpaired) electrons. The molecule has 8 nitrogen and oxygen atoms in total. The molecule has 0 unspecified atom stereocenters. The Morgan fingerprint density at radius 1 is 0.527 bits per heavy atom. The van der Waals surface area contributed by atoms with Crippen molar-refractivity contribution in [2.24, 2.45) is 0 Å². The molecule has 322 valence electrons. The highest BCUT2D eigenvalue weighted by Crippen LogP contribution is 2.19. The smallest absolute Gasteiger partial charge is 0.306 e. The van der Waals surface area contributed by atoms with Crippen LogP contribution in [-0.4, -0.2) is 59.4 Å². The Labute approximate surface area is 339 Å². The number of unbranched alkanes of at least 4 members (excludes halogenated alkanes) is 24. The van der Waals surface area contributed by atoms with E-state index in [0.717, 1.165) is 103 Å². The summed E-state index contributed by atoms with van der Waals surface area (Å²) in [6.07, 6.45) is 39.1. The van der Waals surface area contributed by atoms with Crippen LogP contribution in [0.3, 0.4) is 0 Å². The number of carbonyl (C=O) groups excluding carboxylic acids is 2. The van der Waals surface area contributed by atoms with E-state index in [1.165, 1.54) is 128 Å². The first-order valence-corrected chi connectivity index (χ1v) is 23.8. The second-order valence-electron chi connectivity index (χ2n) is 16.4. The van der Waals surface area contributed by atoms with Crippen molar-refractivity contribution in [1.29, 1.82) is 0 Å². The Morgan fingerprint density at radius 3 is 1.45 bits per heavy atom. The molecule has 0 atom stereocenters. The van der Waals surface area contributed by atoms with Gasteiger partial charge < -0.3 is 18.8 Å². The normalized spacial score (nSPS) is 11.6. The molecule has 0 aliphatic rings. The van der Waals surface area contributed by atoms with E-state index < -0.39 is 0 Å². The zero-order valence-corrected chi connectivity index (χ0v) is 36.8. The highest BCUT2D eigenvalue weighted by molar-refractivity contribution is 5.69. The summed E-state index contributed by atoms with van der Waals surface area (Å²) in [6, 6.07) is 0. The van der Waals surface area contributed by atoms with Crippen LogP contribution in [0.2, 0.25) is 0 Å². The van der Waals surface area contributed by atoms with E-state index in [0.29, 0.717) is 25.3 Å². The Bertz CT molecular complexity index is 970. The SMILES string of the molecule is CCCCCCCCCOC(=O)CCCCCCCN(CCCCCCCC(=O)OC(CCCCCCCC)CCCCCCCC)CCc1nnc(C)o1. The maximum absolute atomic E-state index is 12.8. The summed E-state index contributed by atoms with van der Waals surface area (Å²) in [4.78, 5) is 27.5. The summed E-state index contributed by atoms with van der Waals surface area (Å²) in [5.41, 5.74) is 0. The number of aryl methyl sites for hydroxylation is 1. The molecule has 0 spiro atoms. The summed E-state index contributed by atoms with van der Waals surface area (Å²) in [5, 5.41) is 8.20. The first-order chi connectivity index (χ1) is 27.0. The van der Waals surface area contributed by atoms with Gasteiger partial charge in [0.05, 0.1) is 6.61 Å². The van der Waals surface area contributed by atoms with Crippen LogP contribution in [0.25, 0.3) is 0 Å². The van der Waals surface area contributed by atoms with Gasteiger partial charge in [-0.25, -0.2) is 0 Å². The molecule has 1 rings (SSSR count). The molecule has 0 saturated carbocycles. The van der Waals surface area contributed by atoms with Crippen molar-refractivity contribution in [1.82, 2.24) is 15.1 Å². The predicted molar refractivity (Wildman–Crippen MR) is 229 cm³/mol. The largest absolute Gasteiger partial charge is 0.466 e. The van der Waals surface area contributed by atoms with Gasteiger partial charge in [-0.05, 0) is 70.9 Å². The van der Waals surface area contributed by atoms with E-state index in [4.69, 9.17) is 13.9 Å². The third-order valence-electron chi connectivity index (χ3n) is 11.0.